The van der Waals surface area contributed by atoms with Crippen molar-refractivity contribution in [2.24, 2.45) is 0 Å². The Kier molecular flexibility index (Phi) is 6.42. The predicted octanol–water partition coefficient (Wildman–Crippen LogP) is 5.19. The molecule has 136 valence electrons. The van der Waals surface area contributed by atoms with Gasteiger partial charge in [-0.15, -0.1) is 0 Å². The van der Waals surface area contributed by atoms with Crippen molar-refractivity contribution in [3.63, 3.8) is 0 Å². The van der Waals surface area contributed by atoms with Crippen LogP contribution in [0.5, 0.6) is 0 Å². The van der Waals surface area contributed by atoms with Gasteiger partial charge in [0.2, 0.25) is 5.91 Å². The van der Waals surface area contributed by atoms with Crippen LogP contribution in [0.2, 0.25) is 0 Å². The second-order valence-electron chi connectivity index (χ2n) is 6.44. The molecule has 3 aromatic carbocycles. The van der Waals surface area contributed by atoms with Gasteiger partial charge in [-0.2, -0.15) is 0 Å². The Morgan fingerprint density at radius 3 is 2.37 bits per heavy atom. The maximum atomic E-state index is 12.2. The fraction of sp³-hybridized carbons (Fsp3) is 0.125. The normalized spacial score (nSPS) is 11.9. The highest BCUT2D eigenvalue weighted by Gasteiger charge is 2.08. The van der Waals surface area contributed by atoms with Gasteiger partial charge >= 0.3 is 0 Å². The molecule has 0 radical (unpaired) electrons. The monoisotopic (exact) mass is 356 g/mol. The Morgan fingerprint density at radius 2 is 1.63 bits per heavy atom. The van der Waals surface area contributed by atoms with E-state index in [1.165, 1.54) is 5.56 Å². The van der Waals surface area contributed by atoms with E-state index in [-0.39, 0.29) is 11.9 Å². The molecule has 3 heteroatoms. The molecule has 1 atom stereocenters. The Balaban J connectivity index is 1.57. The van der Waals surface area contributed by atoms with Gasteiger partial charge in [0.15, 0.2) is 0 Å². The second-order valence-corrected chi connectivity index (χ2v) is 6.44. The average Bonchev–Trinajstić information content (AvgIpc) is 2.72. The van der Waals surface area contributed by atoms with Crippen LogP contribution in [0.1, 0.15) is 29.7 Å². The third-order valence-corrected chi connectivity index (χ3v) is 4.31. The third-order valence-electron chi connectivity index (χ3n) is 4.31. The minimum absolute atomic E-state index is 0.0728. The number of carbonyl (C=O) groups is 1. The maximum Gasteiger partial charge on any atom is 0.244 e. The molecule has 0 saturated carbocycles. The minimum Gasteiger partial charge on any atom is -0.381 e. The van der Waals surface area contributed by atoms with Gasteiger partial charge in [0.25, 0.3) is 0 Å². The molecular formula is C24H24N2O. The largest absolute Gasteiger partial charge is 0.381 e. The number of benzene rings is 3. The first kappa shape index (κ1) is 18.5. The number of carbonyl (C=O) groups excluding carboxylic acids is 1. The summed E-state index contributed by atoms with van der Waals surface area (Å²) >= 11 is 0. The lowest BCUT2D eigenvalue weighted by Gasteiger charge is -2.15. The maximum absolute atomic E-state index is 12.2. The smallest absolute Gasteiger partial charge is 0.244 e. The first-order chi connectivity index (χ1) is 13.2. The van der Waals surface area contributed by atoms with Crippen LogP contribution in [-0.4, -0.2) is 5.91 Å². The second kappa shape index (κ2) is 9.39. The highest BCUT2D eigenvalue weighted by molar-refractivity contribution is 5.91. The summed E-state index contributed by atoms with van der Waals surface area (Å²) in [4.78, 5) is 12.2. The summed E-state index contributed by atoms with van der Waals surface area (Å²) in [5, 5.41) is 6.44. The van der Waals surface area contributed by atoms with E-state index in [2.05, 4.69) is 28.8 Å². The van der Waals surface area contributed by atoms with Gasteiger partial charge < -0.3 is 10.6 Å². The molecule has 27 heavy (non-hydrogen) atoms. The van der Waals surface area contributed by atoms with Crippen LogP contribution in [0.25, 0.3) is 6.08 Å². The molecule has 0 spiro atoms. The zero-order valence-electron chi connectivity index (χ0n) is 15.4. The molecule has 1 unspecified atom stereocenters. The number of hydrogen-bond donors (Lipinski definition) is 2. The van der Waals surface area contributed by atoms with Crippen molar-refractivity contribution >= 4 is 17.7 Å². The molecule has 3 aromatic rings. The van der Waals surface area contributed by atoms with E-state index in [0.29, 0.717) is 0 Å². The van der Waals surface area contributed by atoms with Crippen LogP contribution in [0, 0.1) is 0 Å². The Bertz CT molecular complexity index is 889. The summed E-state index contributed by atoms with van der Waals surface area (Å²) in [5.74, 6) is -0.103. The van der Waals surface area contributed by atoms with Crippen LogP contribution in [-0.2, 0) is 11.3 Å². The van der Waals surface area contributed by atoms with Crippen molar-refractivity contribution in [3.05, 3.63) is 108 Å². The Morgan fingerprint density at radius 1 is 0.926 bits per heavy atom. The first-order valence-electron chi connectivity index (χ1n) is 9.12. The van der Waals surface area contributed by atoms with Crippen molar-refractivity contribution in [1.29, 1.82) is 0 Å². The van der Waals surface area contributed by atoms with E-state index in [1.807, 2.05) is 79.7 Å². The third kappa shape index (κ3) is 5.86. The molecule has 0 aliphatic carbocycles. The molecule has 0 bridgehead atoms. The van der Waals surface area contributed by atoms with E-state index in [9.17, 15) is 4.79 Å². The Labute approximate surface area is 160 Å². The number of rotatable bonds is 7. The average molecular weight is 356 g/mol. The van der Waals surface area contributed by atoms with Crippen molar-refractivity contribution in [3.8, 4) is 0 Å². The summed E-state index contributed by atoms with van der Waals surface area (Å²) in [5.41, 5.74) is 4.34. The number of nitrogens with one attached hydrogen (secondary N) is 2. The van der Waals surface area contributed by atoms with Crippen LogP contribution in [0.3, 0.4) is 0 Å². The summed E-state index contributed by atoms with van der Waals surface area (Å²) in [6, 6.07) is 28.2. The molecule has 0 fully saturated rings. The van der Waals surface area contributed by atoms with Gasteiger partial charge in [-0.3, -0.25) is 4.79 Å². The lowest BCUT2D eigenvalue weighted by molar-refractivity contribution is -0.117. The molecule has 2 N–H and O–H groups in total. The Hall–Kier alpha value is -3.33. The molecule has 3 nitrogen and oxygen atoms in total. The van der Waals surface area contributed by atoms with Gasteiger partial charge in [-0.1, -0.05) is 72.8 Å². The van der Waals surface area contributed by atoms with Crippen molar-refractivity contribution in [2.45, 2.75) is 19.5 Å². The van der Waals surface area contributed by atoms with Gasteiger partial charge in [0.1, 0.15) is 0 Å². The summed E-state index contributed by atoms with van der Waals surface area (Å²) in [7, 11) is 0. The van der Waals surface area contributed by atoms with E-state index in [1.54, 1.807) is 6.08 Å². The van der Waals surface area contributed by atoms with E-state index in [0.717, 1.165) is 23.4 Å². The van der Waals surface area contributed by atoms with Crippen LogP contribution >= 0.6 is 0 Å². The lowest BCUT2D eigenvalue weighted by Crippen LogP contribution is -2.24. The van der Waals surface area contributed by atoms with Crippen LogP contribution in [0.4, 0.5) is 5.69 Å². The van der Waals surface area contributed by atoms with Crippen molar-refractivity contribution in [2.75, 3.05) is 5.32 Å². The van der Waals surface area contributed by atoms with Crippen LogP contribution < -0.4 is 10.6 Å². The topological polar surface area (TPSA) is 41.1 Å². The highest BCUT2D eigenvalue weighted by atomic mass is 16.1. The molecule has 0 aliphatic heterocycles. The number of anilines is 1. The predicted molar refractivity (Wildman–Crippen MR) is 112 cm³/mol. The fourth-order valence-electron chi connectivity index (χ4n) is 2.80. The van der Waals surface area contributed by atoms with Gasteiger partial charge in [-0.05, 0) is 41.8 Å². The lowest BCUT2D eigenvalue weighted by atomic mass is 10.1. The van der Waals surface area contributed by atoms with Crippen LogP contribution in [0.15, 0.2) is 91.0 Å². The van der Waals surface area contributed by atoms with Gasteiger partial charge in [0.05, 0.1) is 6.04 Å². The molecule has 0 aliphatic rings. The van der Waals surface area contributed by atoms with Gasteiger partial charge in [0, 0.05) is 18.3 Å². The molecule has 1 amide bonds. The SMILES string of the molecule is CC(NC(=O)C=Cc1ccccc1)c1cccc(NCc2ccccc2)c1. The summed E-state index contributed by atoms with van der Waals surface area (Å²) in [6.07, 6.45) is 3.39. The van der Waals surface area contributed by atoms with Crippen molar-refractivity contribution in [1.82, 2.24) is 5.32 Å². The highest BCUT2D eigenvalue weighted by Crippen LogP contribution is 2.18. The standard InChI is InChI=1S/C24H24N2O/c1-19(26-24(27)16-15-20-9-4-2-5-10-20)22-13-8-14-23(17-22)25-18-21-11-6-3-7-12-21/h2-17,19,25H,18H2,1H3,(H,26,27). The molecule has 0 aromatic heterocycles. The molecule has 0 saturated heterocycles. The zero-order valence-corrected chi connectivity index (χ0v) is 15.4. The van der Waals surface area contributed by atoms with E-state index in [4.69, 9.17) is 0 Å². The minimum atomic E-state index is -0.103. The molecule has 0 heterocycles. The molecular weight excluding hydrogens is 332 g/mol. The van der Waals surface area contributed by atoms with Gasteiger partial charge in [-0.25, -0.2) is 0 Å². The fourth-order valence-corrected chi connectivity index (χ4v) is 2.80. The molecule has 3 rings (SSSR count). The van der Waals surface area contributed by atoms with Crippen molar-refractivity contribution < 1.29 is 4.79 Å². The van der Waals surface area contributed by atoms with E-state index < -0.39 is 0 Å². The zero-order chi connectivity index (χ0) is 18.9. The summed E-state index contributed by atoms with van der Waals surface area (Å²) in [6.45, 7) is 2.76. The quantitative estimate of drug-likeness (QED) is 0.572. The number of hydrogen-bond acceptors (Lipinski definition) is 2. The summed E-state index contributed by atoms with van der Waals surface area (Å²) < 4.78 is 0. The first-order valence-corrected chi connectivity index (χ1v) is 9.12. The number of amides is 1. The van der Waals surface area contributed by atoms with E-state index >= 15 is 0 Å².